The van der Waals surface area contributed by atoms with Crippen LogP contribution in [-0.2, 0) is 9.57 Å². The van der Waals surface area contributed by atoms with Crippen LogP contribution in [0.5, 0.6) is 5.75 Å². The summed E-state index contributed by atoms with van der Waals surface area (Å²) in [5.41, 5.74) is 1.62. The van der Waals surface area contributed by atoms with Crippen LogP contribution in [-0.4, -0.2) is 35.0 Å². The third kappa shape index (κ3) is 5.79. The molecule has 3 aromatic rings. The lowest BCUT2D eigenvalue weighted by atomic mass is 10.1. The van der Waals surface area contributed by atoms with Gasteiger partial charge in [0, 0.05) is 17.0 Å². The van der Waals surface area contributed by atoms with Gasteiger partial charge in [0.25, 0.3) is 0 Å². The second-order valence-corrected chi connectivity index (χ2v) is 8.41. The predicted octanol–water partition coefficient (Wildman–Crippen LogP) is 6.04. The fraction of sp³-hybridized carbons (Fsp3) is 0.333. The Balaban J connectivity index is 1.41. The number of carbonyl (C=O) groups is 1. The van der Waals surface area contributed by atoms with Crippen molar-refractivity contribution in [3.63, 3.8) is 0 Å². The van der Waals surface area contributed by atoms with E-state index in [4.69, 9.17) is 14.1 Å². The highest BCUT2D eigenvalue weighted by Crippen LogP contribution is 2.39. The molecule has 1 aliphatic carbocycles. The van der Waals surface area contributed by atoms with Crippen molar-refractivity contribution in [2.75, 3.05) is 7.11 Å². The second-order valence-electron chi connectivity index (χ2n) is 8.41. The van der Waals surface area contributed by atoms with Crippen LogP contribution in [0.1, 0.15) is 67.8 Å². The number of carbonyl (C=O) groups excluding carboxylic acids is 1. The molecule has 1 heterocycles. The van der Waals surface area contributed by atoms with Crippen molar-refractivity contribution >= 4 is 11.7 Å². The van der Waals surface area contributed by atoms with Gasteiger partial charge in [0.1, 0.15) is 11.6 Å². The maximum absolute atomic E-state index is 14.3. The van der Waals surface area contributed by atoms with Gasteiger partial charge in [-0.1, -0.05) is 23.3 Å². The van der Waals surface area contributed by atoms with E-state index in [9.17, 15) is 9.18 Å². The molecule has 1 aliphatic rings. The monoisotopic (exact) mass is 493 g/mol. The molecule has 0 amide bonds. The molecule has 1 atom stereocenters. The molecule has 8 nitrogen and oxygen atoms in total. The fourth-order valence-corrected chi connectivity index (χ4v) is 3.52. The number of esters is 1. The number of nitrogens with zero attached hydrogens (tertiary/aromatic N) is 3. The van der Waals surface area contributed by atoms with Crippen molar-refractivity contribution in [3.05, 3.63) is 77.1 Å². The lowest BCUT2D eigenvalue weighted by Gasteiger charge is -2.19. The summed E-state index contributed by atoms with van der Waals surface area (Å²) in [6, 6.07) is 11.6. The Morgan fingerprint density at radius 3 is 2.61 bits per heavy atom. The molecule has 0 radical (unpaired) electrons. The summed E-state index contributed by atoms with van der Waals surface area (Å²) in [5, 5.41) is 8.21. The van der Waals surface area contributed by atoms with E-state index in [-0.39, 0.29) is 11.7 Å². The van der Waals surface area contributed by atoms with Crippen molar-refractivity contribution in [2.45, 2.75) is 52.1 Å². The molecule has 4 rings (SSSR count). The first kappa shape index (κ1) is 25.1. The zero-order valence-corrected chi connectivity index (χ0v) is 20.7. The van der Waals surface area contributed by atoms with Gasteiger partial charge in [-0.25, -0.2) is 9.18 Å². The molecule has 1 unspecified atom stereocenters. The summed E-state index contributed by atoms with van der Waals surface area (Å²) >= 11 is 0. The van der Waals surface area contributed by atoms with Gasteiger partial charge < -0.3 is 18.8 Å². The molecule has 188 valence electrons. The van der Waals surface area contributed by atoms with Crippen LogP contribution in [0.4, 0.5) is 4.39 Å². The summed E-state index contributed by atoms with van der Waals surface area (Å²) < 4.78 is 30.3. The summed E-state index contributed by atoms with van der Waals surface area (Å²) in [7, 11) is 1.20. The molecule has 0 spiro atoms. The summed E-state index contributed by atoms with van der Waals surface area (Å²) in [6.45, 7) is 5.49. The minimum Gasteiger partial charge on any atom is -0.482 e. The van der Waals surface area contributed by atoms with E-state index in [0.717, 1.165) is 18.4 Å². The molecular formula is C27H28FN3O5. The lowest BCUT2D eigenvalue weighted by molar-refractivity contribution is 0.0595. The number of aromatic nitrogens is 2. The van der Waals surface area contributed by atoms with Crippen molar-refractivity contribution in [2.24, 2.45) is 5.16 Å². The Bertz CT molecular complexity index is 1280. The summed E-state index contributed by atoms with van der Waals surface area (Å²) in [5.74, 6) is 1.40. The average Bonchev–Trinajstić information content (AvgIpc) is 3.64. The molecule has 9 heteroatoms. The van der Waals surface area contributed by atoms with Gasteiger partial charge in [-0.05, 0) is 75.6 Å². The normalized spacial score (nSPS) is 14.9. The number of oxime groups is 1. The number of hydrogen-bond donors (Lipinski definition) is 0. The van der Waals surface area contributed by atoms with E-state index in [1.54, 1.807) is 19.1 Å². The molecule has 0 N–H and O–H groups in total. The van der Waals surface area contributed by atoms with Crippen LogP contribution in [0.2, 0.25) is 0 Å². The lowest BCUT2D eigenvalue weighted by Crippen LogP contribution is -2.19. The Morgan fingerprint density at radius 2 is 2.00 bits per heavy atom. The van der Waals surface area contributed by atoms with Gasteiger partial charge >= 0.3 is 5.97 Å². The summed E-state index contributed by atoms with van der Waals surface area (Å²) in [4.78, 5) is 21.7. The van der Waals surface area contributed by atoms with Crippen molar-refractivity contribution in [1.82, 2.24) is 10.1 Å². The van der Waals surface area contributed by atoms with E-state index in [2.05, 4.69) is 20.0 Å². The first-order valence-corrected chi connectivity index (χ1v) is 11.8. The highest BCUT2D eigenvalue weighted by Gasteiger charge is 2.29. The number of hydrogen-bond acceptors (Lipinski definition) is 8. The van der Waals surface area contributed by atoms with E-state index in [1.807, 2.05) is 38.1 Å². The quantitative estimate of drug-likeness (QED) is 0.147. The largest absolute Gasteiger partial charge is 0.482 e. The number of halogens is 1. The highest BCUT2D eigenvalue weighted by molar-refractivity contribution is 5.99. The predicted molar refractivity (Wildman–Crippen MR) is 131 cm³/mol. The molecule has 1 aromatic heterocycles. The zero-order chi connectivity index (χ0) is 25.7. The maximum Gasteiger partial charge on any atom is 0.340 e. The first-order valence-electron chi connectivity index (χ1n) is 11.8. The van der Waals surface area contributed by atoms with Crippen molar-refractivity contribution < 1.29 is 28.0 Å². The zero-order valence-electron chi connectivity index (χ0n) is 20.7. The van der Waals surface area contributed by atoms with E-state index >= 15 is 0 Å². The van der Waals surface area contributed by atoms with Crippen LogP contribution in [0.15, 0.2) is 64.0 Å². The van der Waals surface area contributed by atoms with Crippen LogP contribution in [0.3, 0.4) is 0 Å². The highest BCUT2D eigenvalue weighted by atomic mass is 19.1. The fourth-order valence-electron chi connectivity index (χ4n) is 3.52. The molecule has 0 saturated heterocycles. The Kier molecular flexibility index (Phi) is 7.77. The van der Waals surface area contributed by atoms with Crippen LogP contribution in [0.25, 0.3) is 11.4 Å². The van der Waals surface area contributed by atoms with Crippen LogP contribution in [0, 0.1) is 5.82 Å². The van der Waals surface area contributed by atoms with Crippen LogP contribution >= 0.6 is 0 Å². The molecule has 1 saturated carbocycles. The Morgan fingerprint density at radius 1 is 1.25 bits per heavy atom. The number of ether oxygens (including phenoxy) is 2. The Labute approximate surface area is 208 Å². The van der Waals surface area contributed by atoms with Crippen molar-refractivity contribution in [3.8, 4) is 17.1 Å². The number of benzene rings is 2. The van der Waals surface area contributed by atoms with Gasteiger partial charge in [0.2, 0.25) is 11.7 Å². The van der Waals surface area contributed by atoms with Crippen LogP contribution < -0.4 is 4.74 Å². The minimum atomic E-state index is -0.739. The summed E-state index contributed by atoms with van der Waals surface area (Å²) in [6.07, 6.45) is 4.23. The number of methoxy groups -OCH3 is 1. The van der Waals surface area contributed by atoms with Crippen molar-refractivity contribution in [1.29, 1.82) is 0 Å². The second kappa shape index (κ2) is 11.2. The molecule has 2 aromatic carbocycles. The third-order valence-electron chi connectivity index (χ3n) is 5.81. The number of allylic oxidation sites excluding steroid dienone is 1. The topological polar surface area (TPSA) is 96.0 Å². The molecule has 0 aliphatic heterocycles. The SMILES string of the molecule is CC=C(O/N=C(\C)c1ccc(C(=O)OC)c(F)c1)C(CC)Oc1ccc(-c2noc(C3CC3)n2)cc1. The molecule has 0 bridgehead atoms. The molecular weight excluding hydrogens is 465 g/mol. The van der Waals surface area contributed by atoms with Gasteiger partial charge in [-0.3, -0.25) is 0 Å². The Hall–Kier alpha value is -4.01. The van der Waals surface area contributed by atoms with E-state index in [0.29, 0.717) is 46.8 Å². The van der Waals surface area contributed by atoms with Gasteiger partial charge in [-0.15, -0.1) is 0 Å². The third-order valence-corrected chi connectivity index (χ3v) is 5.81. The average molecular weight is 494 g/mol. The van der Waals surface area contributed by atoms with Gasteiger partial charge in [0.15, 0.2) is 11.9 Å². The minimum absolute atomic E-state index is 0.141. The molecule has 1 fully saturated rings. The molecule has 36 heavy (non-hydrogen) atoms. The van der Waals surface area contributed by atoms with E-state index < -0.39 is 11.8 Å². The maximum atomic E-state index is 14.3. The van der Waals surface area contributed by atoms with Gasteiger partial charge in [-0.2, -0.15) is 4.98 Å². The van der Waals surface area contributed by atoms with E-state index in [1.165, 1.54) is 19.2 Å². The number of rotatable bonds is 10. The first-order chi connectivity index (χ1) is 17.4. The van der Waals surface area contributed by atoms with Gasteiger partial charge in [0.05, 0.1) is 18.4 Å². The standard InChI is InChI=1S/C27H28FN3O5/c1-5-23(34-20-12-9-17(10-13-20)25-29-26(36-31-25)18-7-8-18)24(6-2)35-30-16(3)19-11-14-21(22(28)15-19)27(32)33-4/h6,9-15,18,23H,5,7-8H2,1-4H3/b24-6?,30-16+. The smallest absolute Gasteiger partial charge is 0.340 e.